The summed E-state index contributed by atoms with van der Waals surface area (Å²) < 4.78 is 25.2. The molecule has 0 saturated carbocycles. The van der Waals surface area contributed by atoms with E-state index in [0.717, 1.165) is 45.4 Å². The maximum absolute atomic E-state index is 14.3. The number of esters is 1. The van der Waals surface area contributed by atoms with Gasteiger partial charge >= 0.3 is 5.97 Å². The van der Waals surface area contributed by atoms with Gasteiger partial charge < -0.3 is 33.9 Å². The van der Waals surface area contributed by atoms with Crippen LogP contribution in [0.25, 0.3) is 0 Å². The average Bonchev–Trinajstić information content (AvgIpc) is 2.98. The molecule has 0 bridgehead atoms. The van der Waals surface area contributed by atoms with Crippen molar-refractivity contribution < 1.29 is 33.6 Å². The van der Waals surface area contributed by atoms with E-state index < -0.39 is 46.9 Å². The molecule has 0 aromatic carbocycles. The molecule has 3 aliphatic heterocycles. The van der Waals surface area contributed by atoms with Gasteiger partial charge in [-0.1, -0.05) is 20.8 Å². The first-order valence-electron chi connectivity index (χ1n) is 17.3. The summed E-state index contributed by atoms with van der Waals surface area (Å²) in [6, 6.07) is -0.168. The van der Waals surface area contributed by atoms with E-state index in [-0.39, 0.29) is 30.5 Å². The SMILES string of the molecule is CCCN1CCC([C@]2(C)COC(=O)C(C)(C)C(=O)[C@H](C)[C@@H](O[C@@H]3O[C@H](C)C[C@H](N(C)C)[C@H]3O)[C@](C)(OC)C[C@@H](C)CN2C)CC1. The van der Waals surface area contributed by atoms with Crippen molar-refractivity contribution in [1.29, 1.82) is 0 Å². The number of likely N-dealkylation sites (N-methyl/N-ethyl adjacent to an activating group) is 2. The number of ether oxygens (including phenoxy) is 4. The van der Waals surface area contributed by atoms with Crippen LogP contribution in [0.2, 0.25) is 0 Å². The van der Waals surface area contributed by atoms with Crippen LogP contribution in [0.4, 0.5) is 0 Å². The summed E-state index contributed by atoms with van der Waals surface area (Å²) >= 11 is 0. The summed E-state index contributed by atoms with van der Waals surface area (Å²) in [6.07, 6.45) is 1.66. The van der Waals surface area contributed by atoms with Crippen LogP contribution in [0.5, 0.6) is 0 Å². The molecule has 262 valence electrons. The number of methoxy groups -OCH3 is 1. The number of carbonyl (C=O) groups is 2. The fourth-order valence-electron chi connectivity index (χ4n) is 8.17. The van der Waals surface area contributed by atoms with Crippen LogP contribution in [0.3, 0.4) is 0 Å². The first kappa shape index (κ1) is 38.3. The van der Waals surface area contributed by atoms with Gasteiger partial charge in [0, 0.05) is 25.6 Å². The smallest absolute Gasteiger partial charge is 0.319 e. The Bertz CT molecular complexity index is 986. The largest absolute Gasteiger partial charge is 0.463 e. The normalized spacial score (nSPS) is 40.4. The number of aliphatic hydroxyl groups is 1. The lowest BCUT2D eigenvalue weighted by molar-refractivity contribution is -0.295. The Hall–Kier alpha value is -1.14. The molecule has 0 spiro atoms. The Morgan fingerprint density at radius 1 is 1.07 bits per heavy atom. The summed E-state index contributed by atoms with van der Waals surface area (Å²) in [5.41, 5.74) is -2.72. The number of ketones is 1. The van der Waals surface area contributed by atoms with Gasteiger partial charge in [-0.3, -0.25) is 14.5 Å². The van der Waals surface area contributed by atoms with E-state index in [1.807, 2.05) is 32.8 Å². The van der Waals surface area contributed by atoms with Crippen LogP contribution >= 0.6 is 0 Å². The lowest BCUT2D eigenvalue weighted by atomic mass is 9.74. The number of rotatable bonds is 7. The second-order valence-corrected chi connectivity index (χ2v) is 15.7. The number of piperidine rings is 1. The highest BCUT2D eigenvalue weighted by atomic mass is 16.7. The fraction of sp³-hybridized carbons (Fsp3) is 0.943. The molecule has 1 N–H and O–H groups in total. The molecule has 0 radical (unpaired) electrons. The predicted molar refractivity (Wildman–Crippen MR) is 176 cm³/mol. The lowest BCUT2D eigenvalue weighted by Gasteiger charge is -2.49. The molecule has 0 aliphatic carbocycles. The molecule has 0 unspecified atom stereocenters. The van der Waals surface area contributed by atoms with E-state index >= 15 is 0 Å². The maximum Gasteiger partial charge on any atom is 0.319 e. The molecule has 10 nitrogen and oxygen atoms in total. The fourth-order valence-corrected chi connectivity index (χ4v) is 8.17. The number of likely N-dealkylation sites (tertiary alicyclic amines) is 1. The zero-order valence-corrected chi connectivity index (χ0v) is 30.4. The molecule has 3 fully saturated rings. The van der Waals surface area contributed by atoms with E-state index in [2.05, 4.69) is 37.6 Å². The highest BCUT2D eigenvalue weighted by molar-refractivity contribution is 6.04. The van der Waals surface area contributed by atoms with Gasteiger partial charge in [0.25, 0.3) is 0 Å². The van der Waals surface area contributed by atoms with Crippen molar-refractivity contribution in [2.24, 2.45) is 23.2 Å². The Kier molecular flexibility index (Phi) is 13.1. The first-order valence-corrected chi connectivity index (χ1v) is 17.3. The second-order valence-electron chi connectivity index (χ2n) is 15.7. The minimum absolute atomic E-state index is 0.147. The third-order valence-electron chi connectivity index (χ3n) is 11.3. The summed E-state index contributed by atoms with van der Waals surface area (Å²) in [4.78, 5) is 35.0. The van der Waals surface area contributed by atoms with Gasteiger partial charge in [0.05, 0.1) is 23.3 Å². The van der Waals surface area contributed by atoms with E-state index in [4.69, 9.17) is 18.9 Å². The van der Waals surface area contributed by atoms with Gasteiger partial charge in [0.15, 0.2) is 12.1 Å². The minimum atomic E-state index is -1.41. The predicted octanol–water partition coefficient (Wildman–Crippen LogP) is 3.83. The van der Waals surface area contributed by atoms with Crippen LogP contribution in [-0.4, -0.2) is 134 Å². The van der Waals surface area contributed by atoms with Gasteiger partial charge in [0.2, 0.25) is 0 Å². The molecule has 3 saturated heterocycles. The molecule has 0 amide bonds. The number of hydrogen-bond acceptors (Lipinski definition) is 10. The summed E-state index contributed by atoms with van der Waals surface area (Å²) in [6.45, 7) is 19.8. The molecule has 9 atom stereocenters. The van der Waals surface area contributed by atoms with Crippen molar-refractivity contribution in [1.82, 2.24) is 14.7 Å². The van der Waals surface area contributed by atoms with Crippen molar-refractivity contribution in [3.8, 4) is 0 Å². The van der Waals surface area contributed by atoms with E-state index in [1.165, 1.54) is 0 Å². The summed E-state index contributed by atoms with van der Waals surface area (Å²) in [5, 5.41) is 11.3. The number of nitrogens with zero attached hydrogens (tertiary/aromatic N) is 3. The molecule has 0 aromatic rings. The van der Waals surface area contributed by atoms with E-state index in [1.54, 1.807) is 27.9 Å². The topological polar surface area (TPSA) is 101 Å². The summed E-state index contributed by atoms with van der Waals surface area (Å²) in [7, 11) is 7.65. The van der Waals surface area contributed by atoms with Gasteiger partial charge in [-0.25, -0.2) is 0 Å². The van der Waals surface area contributed by atoms with Crippen LogP contribution in [-0.2, 0) is 28.5 Å². The van der Waals surface area contributed by atoms with Crippen molar-refractivity contribution >= 4 is 11.8 Å². The molecule has 3 aliphatic rings. The van der Waals surface area contributed by atoms with Gasteiger partial charge in [-0.05, 0) is 119 Å². The number of carbonyl (C=O) groups excluding carboxylic acids is 2. The monoisotopic (exact) mass is 639 g/mol. The Balaban J connectivity index is 1.99. The van der Waals surface area contributed by atoms with Crippen molar-refractivity contribution in [2.75, 3.05) is 61.0 Å². The number of aliphatic hydroxyl groups excluding tert-OH is 1. The molecule has 45 heavy (non-hydrogen) atoms. The average molecular weight is 640 g/mol. The Morgan fingerprint density at radius 3 is 2.24 bits per heavy atom. The van der Waals surface area contributed by atoms with Crippen LogP contribution < -0.4 is 0 Å². The van der Waals surface area contributed by atoms with Crippen LogP contribution in [0, 0.1) is 23.2 Å². The zero-order valence-electron chi connectivity index (χ0n) is 30.4. The second kappa shape index (κ2) is 15.4. The Labute approximate surface area is 273 Å². The number of Topliss-reactive ketones (excluding diaryl/α,β-unsaturated/α-hetero) is 1. The standard InChI is InChI=1S/C35H65N3O7/c1-13-16-38-17-14-26(15-18-38)34(7)22-43-32(41)33(5,6)29(40)25(4)30(35(8,42-12)20-23(2)21-37(34)11)45-31-28(39)27(36(9)10)19-24(3)44-31/h23-28,30-31,39H,13-22H2,1-12H3/t23-,24-,25+,27+,28-,30-,31+,34+,35-/m1/s1. The maximum atomic E-state index is 14.3. The van der Waals surface area contributed by atoms with Crippen LogP contribution in [0.1, 0.15) is 87.5 Å². The molecule has 3 rings (SSSR count). The molecule has 3 heterocycles. The van der Waals surface area contributed by atoms with Crippen molar-refractivity contribution in [2.45, 2.75) is 129 Å². The third kappa shape index (κ3) is 8.48. The van der Waals surface area contributed by atoms with E-state index in [0.29, 0.717) is 18.8 Å². The van der Waals surface area contributed by atoms with Crippen molar-refractivity contribution in [3.05, 3.63) is 0 Å². The first-order chi connectivity index (χ1) is 20.9. The minimum Gasteiger partial charge on any atom is -0.463 e. The highest BCUT2D eigenvalue weighted by Crippen LogP contribution is 2.40. The van der Waals surface area contributed by atoms with Gasteiger partial charge in [-0.15, -0.1) is 0 Å². The van der Waals surface area contributed by atoms with Gasteiger partial charge in [0.1, 0.15) is 18.1 Å². The third-order valence-corrected chi connectivity index (χ3v) is 11.3. The van der Waals surface area contributed by atoms with Crippen LogP contribution in [0.15, 0.2) is 0 Å². The molecular weight excluding hydrogens is 574 g/mol. The molecular formula is C35H65N3O7. The van der Waals surface area contributed by atoms with Gasteiger partial charge in [-0.2, -0.15) is 0 Å². The number of cyclic esters (lactones) is 1. The highest BCUT2D eigenvalue weighted by Gasteiger charge is 2.52. The van der Waals surface area contributed by atoms with Crippen molar-refractivity contribution in [3.63, 3.8) is 0 Å². The quantitative estimate of drug-likeness (QED) is 0.327. The summed E-state index contributed by atoms with van der Waals surface area (Å²) in [5.74, 6) is -1.05. The molecule has 10 heteroatoms. The zero-order chi connectivity index (χ0) is 33.9. The lowest BCUT2D eigenvalue weighted by Crippen LogP contribution is -2.59. The Morgan fingerprint density at radius 2 is 1.69 bits per heavy atom. The number of hydrogen-bond donors (Lipinski definition) is 1. The van der Waals surface area contributed by atoms with E-state index in [9.17, 15) is 14.7 Å². The molecule has 0 aromatic heterocycles.